The van der Waals surface area contributed by atoms with E-state index in [0.717, 1.165) is 11.0 Å². The van der Waals surface area contributed by atoms with E-state index in [1.807, 2.05) is 24.3 Å². The first kappa shape index (κ1) is 12.1. The molecule has 0 radical (unpaired) electrons. The molecule has 0 spiro atoms. The smallest absolute Gasteiger partial charge is 0.276 e. The van der Waals surface area contributed by atoms with Gasteiger partial charge < -0.3 is 4.98 Å². The van der Waals surface area contributed by atoms with E-state index in [-0.39, 0.29) is 5.69 Å². The fraction of sp³-hybridized carbons (Fsp3) is 0. The minimum Gasteiger partial charge on any atom is -0.338 e. The van der Waals surface area contributed by atoms with E-state index in [1.54, 1.807) is 30.4 Å². The number of H-pyrrole nitrogens is 1. The maximum Gasteiger partial charge on any atom is 0.276 e. The fourth-order valence-corrected chi connectivity index (χ4v) is 2.01. The van der Waals surface area contributed by atoms with Crippen molar-refractivity contribution >= 4 is 28.9 Å². The van der Waals surface area contributed by atoms with E-state index < -0.39 is 4.92 Å². The van der Waals surface area contributed by atoms with Crippen molar-refractivity contribution in [1.29, 1.82) is 0 Å². The predicted octanol–water partition coefficient (Wildman–Crippen LogP) is 3.64. The minimum atomic E-state index is -0.391. The zero-order chi connectivity index (χ0) is 13.9. The number of aromatic nitrogens is 2. The molecule has 1 aromatic heterocycles. The number of nitro groups is 1. The van der Waals surface area contributed by atoms with Crippen molar-refractivity contribution in [3.8, 4) is 0 Å². The van der Waals surface area contributed by atoms with Gasteiger partial charge in [-0.05, 0) is 30.4 Å². The molecule has 0 fully saturated rings. The van der Waals surface area contributed by atoms with E-state index in [1.165, 1.54) is 6.07 Å². The molecule has 0 aliphatic carbocycles. The molecule has 3 rings (SSSR count). The first-order valence-electron chi connectivity index (χ1n) is 6.10. The summed E-state index contributed by atoms with van der Waals surface area (Å²) in [6.07, 6.45) is 3.43. The molecule has 2 aromatic carbocycles. The quantitative estimate of drug-likeness (QED) is 0.580. The van der Waals surface area contributed by atoms with Gasteiger partial charge in [0.25, 0.3) is 5.69 Å². The van der Waals surface area contributed by atoms with Crippen LogP contribution in [0.3, 0.4) is 0 Å². The minimum absolute atomic E-state index is 0.0832. The largest absolute Gasteiger partial charge is 0.338 e. The molecule has 20 heavy (non-hydrogen) atoms. The van der Waals surface area contributed by atoms with Crippen LogP contribution in [0.5, 0.6) is 0 Å². The van der Waals surface area contributed by atoms with Crippen molar-refractivity contribution < 1.29 is 4.92 Å². The monoisotopic (exact) mass is 265 g/mol. The van der Waals surface area contributed by atoms with Gasteiger partial charge in [0.05, 0.1) is 21.5 Å². The van der Waals surface area contributed by atoms with E-state index in [0.29, 0.717) is 11.4 Å². The number of aromatic amines is 1. The van der Waals surface area contributed by atoms with Crippen LogP contribution in [0.25, 0.3) is 23.2 Å². The standard InChI is InChI=1S/C15H11N3O2/c19-18(20)14-8-4-1-5-11(14)9-10-15-16-12-6-2-3-7-13(12)17-15/h1-10H,(H,16,17)/b10-9+. The van der Waals surface area contributed by atoms with Gasteiger partial charge in [0, 0.05) is 6.07 Å². The average molecular weight is 265 g/mol. The zero-order valence-electron chi connectivity index (χ0n) is 10.5. The van der Waals surface area contributed by atoms with Gasteiger partial charge in [-0.2, -0.15) is 0 Å². The molecule has 0 saturated carbocycles. The van der Waals surface area contributed by atoms with Crippen molar-refractivity contribution in [2.45, 2.75) is 0 Å². The molecule has 98 valence electrons. The van der Waals surface area contributed by atoms with Crippen LogP contribution in [-0.4, -0.2) is 14.9 Å². The summed E-state index contributed by atoms with van der Waals surface area (Å²) < 4.78 is 0. The molecule has 0 aliphatic rings. The van der Waals surface area contributed by atoms with Crippen LogP contribution in [-0.2, 0) is 0 Å². The number of para-hydroxylation sites is 3. The Morgan fingerprint density at radius 3 is 2.60 bits per heavy atom. The van der Waals surface area contributed by atoms with Gasteiger partial charge in [0.1, 0.15) is 5.82 Å². The Labute approximate surface area is 114 Å². The lowest BCUT2D eigenvalue weighted by atomic mass is 10.1. The summed E-state index contributed by atoms with van der Waals surface area (Å²) in [6.45, 7) is 0. The number of benzene rings is 2. The number of nitro benzene ring substituents is 1. The first-order valence-corrected chi connectivity index (χ1v) is 6.10. The Morgan fingerprint density at radius 1 is 1.05 bits per heavy atom. The van der Waals surface area contributed by atoms with E-state index in [2.05, 4.69) is 9.97 Å². The van der Waals surface area contributed by atoms with Crippen molar-refractivity contribution in [3.63, 3.8) is 0 Å². The van der Waals surface area contributed by atoms with Gasteiger partial charge in [-0.15, -0.1) is 0 Å². The second-order valence-corrected chi connectivity index (χ2v) is 4.29. The molecule has 0 aliphatic heterocycles. The molecule has 0 atom stereocenters. The average Bonchev–Trinajstić information content (AvgIpc) is 2.88. The summed E-state index contributed by atoms with van der Waals surface area (Å²) in [5, 5.41) is 10.9. The van der Waals surface area contributed by atoms with Gasteiger partial charge >= 0.3 is 0 Å². The molecular weight excluding hydrogens is 254 g/mol. The molecule has 0 bridgehead atoms. The highest BCUT2D eigenvalue weighted by Crippen LogP contribution is 2.20. The van der Waals surface area contributed by atoms with Crippen molar-refractivity contribution in [2.24, 2.45) is 0 Å². The molecule has 5 nitrogen and oxygen atoms in total. The Kier molecular flexibility index (Phi) is 3.01. The summed E-state index contributed by atoms with van der Waals surface area (Å²) in [6, 6.07) is 14.3. The number of nitrogens with one attached hydrogen (secondary N) is 1. The van der Waals surface area contributed by atoms with E-state index in [4.69, 9.17) is 0 Å². The van der Waals surface area contributed by atoms with Crippen molar-refractivity contribution in [1.82, 2.24) is 9.97 Å². The van der Waals surface area contributed by atoms with Gasteiger partial charge in [-0.3, -0.25) is 10.1 Å². The number of imidazole rings is 1. The SMILES string of the molecule is O=[N+]([O-])c1ccccc1/C=C/c1nc2ccccc2[nH]1. The molecule has 0 unspecified atom stereocenters. The molecule has 1 N–H and O–H groups in total. The first-order chi connectivity index (χ1) is 9.74. The lowest BCUT2D eigenvalue weighted by Crippen LogP contribution is -1.90. The summed E-state index contributed by atoms with van der Waals surface area (Å²) in [7, 11) is 0. The van der Waals surface area contributed by atoms with Crippen LogP contribution in [0.2, 0.25) is 0 Å². The van der Waals surface area contributed by atoms with E-state index in [9.17, 15) is 10.1 Å². The van der Waals surface area contributed by atoms with Crippen LogP contribution in [0, 0.1) is 10.1 Å². The number of hydrogen-bond acceptors (Lipinski definition) is 3. The predicted molar refractivity (Wildman–Crippen MR) is 78.1 cm³/mol. The van der Waals surface area contributed by atoms with Gasteiger partial charge in [0.2, 0.25) is 0 Å². The van der Waals surface area contributed by atoms with Crippen LogP contribution in [0.15, 0.2) is 48.5 Å². The van der Waals surface area contributed by atoms with Crippen LogP contribution < -0.4 is 0 Å². The third-order valence-corrected chi connectivity index (χ3v) is 2.96. The van der Waals surface area contributed by atoms with Crippen LogP contribution in [0.1, 0.15) is 11.4 Å². The third kappa shape index (κ3) is 2.29. The Hall–Kier alpha value is -2.95. The highest BCUT2D eigenvalue weighted by molar-refractivity contribution is 5.79. The second kappa shape index (κ2) is 4.97. The third-order valence-electron chi connectivity index (χ3n) is 2.96. The van der Waals surface area contributed by atoms with Gasteiger partial charge in [0.15, 0.2) is 0 Å². The maximum atomic E-state index is 10.9. The van der Waals surface area contributed by atoms with E-state index >= 15 is 0 Å². The molecular formula is C15H11N3O2. The van der Waals surface area contributed by atoms with Gasteiger partial charge in [-0.1, -0.05) is 24.3 Å². The molecule has 0 amide bonds. The zero-order valence-corrected chi connectivity index (χ0v) is 10.5. The number of nitrogens with zero attached hydrogens (tertiary/aromatic N) is 2. The summed E-state index contributed by atoms with van der Waals surface area (Å²) >= 11 is 0. The highest BCUT2D eigenvalue weighted by Gasteiger charge is 2.09. The Balaban J connectivity index is 1.96. The molecule has 3 aromatic rings. The number of hydrogen-bond donors (Lipinski definition) is 1. The molecule has 0 saturated heterocycles. The highest BCUT2D eigenvalue weighted by atomic mass is 16.6. The topological polar surface area (TPSA) is 71.8 Å². The maximum absolute atomic E-state index is 10.9. The summed E-state index contributed by atoms with van der Waals surface area (Å²) in [5.41, 5.74) is 2.45. The van der Waals surface area contributed by atoms with Crippen molar-refractivity contribution in [2.75, 3.05) is 0 Å². The lowest BCUT2D eigenvalue weighted by molar-refractivity contribution is -0.385. The number of rotatable bonds is 3. The molecule has 5 heteroatoms. The summed E-state index contributed by atoms with van der Waals surface area (Å²) in [4.78, 5) is 18.1. The molecule has 1 heterocycles. The summed E-state index contributed by atoms with van der Waals surface area (Å²) in [5.74, 6) is 0.671. The second-order valence-electron chi connectivity index (χ2n) is 4.29. The normalized spacial score (nSPS) is 11.2. The van der Waals surface area contributed by atoms with Crippen LogP contribution in [0.4, 0.5) is 5.69 Å². The number of fused-ring (bicyclic) bond motifs is 1. The fourth-order valence-electron chi connectivity index (χ4n) is 2.01. The lowest BCUT2D eigenvalue weighted by Gasteiger charge is -1.95. The van der Waals surface area contributed by atoms with Crippen LogP contribution >= 0.6 is 0 Å². The van der Waals surface area contributed by atoms with Crippen molar-refractivity contribution in [3.05, 3.63) is 70.0 Å². The van der Waals surface area contributed by atoms with Gasteiger partial charge in [-0.25, -0.2) is 4.98 Å². The Bertz CT molecular complexity index is 772. The Morgan fingerprint density at radius 2 is 1.80 bits per heavy atom.